The fourth-order valence-corrected chi connectivity index (χ4v) is 3.62. The van der Waals surface area contributed by atoms with E-state index in [2.05, 4.69) is 22.5 Å². The maximum Gasteiger partial charge on any atom is 0.262 e. The number of rotatable bonds is 8. The van der Waals surface area contributed by atoms with Gasteiger partial charge in [0.15, 0.2) is 0 Å². The monoisotopic (exact) mass is 364 g/mol. The van der Waals surface area contributed by atoms with Crippen LogP contribution in [0.2, 0.25) is 0 Å². The number of fused-ring (bicyclic) bond motifs is 1. The summed E-state index contributed by atoms with van der Waals surface area (Å²) in [6.45, 7) is 6.66. The number of nitrogens with zero attached hydrogens (tertiary/aromatic N) is 2. The van der Waals surface area contributed by atoms with Crippen LogP contribution in [0, 0.1) is 6.92 Å². The molecule has 0 saturated carbocycles. The lowest BCUT2D eigenvalue weighted by Crippen LogP contribution is -2.33. The third kappa shape index (κ3) is 4.66. The highest BCUT2D eigenvalue weighted by molar-refractivity contribution is 7.20. The van der Waals surface area contributed by atoms with Gasteiger partial charge in [-0.25, -0.2) is 4.98 Å². The summed E-state index contributed by atoms with van der Waals surface area (Å²) < 4.78 is 1.62. The van der Waals surface area contributed by atoms with Crippen molar-refractivity contribution in [1.29, 1.82) is 0 Å². The van der Waals surface area contributed by atoms with Crippen LogP contribution in [0.4, 0.5) is 0 Å². The second-order valence-electron chi connectivity index (χ2n) is 5.93. The van der Waals surface area contributed by atoms with Gasteiger partial charge in [0.05, 0.1) is 16.6 Å². The third-order valence-electron chi connectivity index (χ3n) is 3.91. The summed E-state index contributed by atoms with van der Waals surface area (Å²) in [5.74, 6) is -0.386. The second kappa shape index (κ2) is 8.75. The topological polar surface area (TPSA) is 93.1 Å². The smallest absolute Gasteiger partial charge is 0.262 e. The number of aromatic nitrogens is 2. The maximum atomic E-state index is 12.7. The van der Waals surface area contributed by atoms with Crippen molar-refractivity contribution >= 4 is 33.4 Å². The van der Waals surface area contributed by atoms with Crippen LogP contribution in [-0.4, -0.2) is 34.5 Å². The van der Waals surface area contributed by atoms with Crippen LogP contribution in [0.25, 0.3) is 10.2 Å². The summed E-state index contributed by atoms with van der Waals surface area (Å²) in [6, 6.07) is 0. The zero-order chi connectivity index (χ0) is 18.4. The van der Waals surface area contributed by atoms with Gasteiger partial charge in [-0.1, -0.05) is 19.8 Å². The molecule has 0 bridgehead atoms. The van der Waals surface area contributed by atoms with E-state index >= 15 is 0 Å². The van der Waals surface area contributed by atoms with Gasteiger partial charge < -0.3 is 10.6 Å². The van der Waals surface area contributed by atoms with Crippen molar-refractivity contribution in [3.63, 3.8) is 0 Å². The highest BCUT2D eigenvalue weighted by atomic mass is 32.1. The molecule has 0 fully saturated rings. The molecule has 0 aliphatic rings. The average Bonchev–Trinajstić information content (AvgIpc) is 2.91. The van der Waals surface area contributed by atoms with Gasteiger partial charge >= 0.3 is 0 Å². The van der Waals surface area contributed by atoms with Gasteiger partial charge in [-0.15, -0.1) is 11.3 Å². The normalized spacial score (nSPS) is 10.8. The molecule has 136 valence electrons. The molecule has 2 N–H and O–H groups in total. The predicted octanol–water partition coefficient (Wildman–Crippen LogP) is 1.82. The minimum Gasteiger partial charge on any atom is -0.355 e. The molecule has 7 nitrogen and oxygen atoms in total. The van der Waals surface area contributed by atoms with Crippen molar-refractivity contribution in [2.75, 3.05) is 13.1 Å². The molecule has 2 heterocycles. The highest BCUT2D eigenvalue weighted by Crippen LogP contribution is 2.26. The molecule has 2 aromatic rings. The van der Waals surface area contributed by atoms with E-state index < -0.39 is 0 Å². The molecule has 0 unspecified atom stereocenters. The summed E-state index contributed by atoms with van der Waals surface area (Å²) >= 11 is 1.22. The molecule has 0 spiro atoms. The number of hydrogen-bond donors (Lipinski definition) is 2. The van der Waals surface area contributed by atoms with Gasteiger partial charge in [-0.3, -0.25) is 19.0 Å². The first-order chi connectivity index (χ1) is 12.0. The van der Waals surface area contributed by atoms with E-state index in [1.165, 1.54) is 18.3 Å². The van der Waals surface area contributed by atoms with Crippen LogP contribution in [-0.2, 0) is 11.3 Å². The fourth-order valence-electron chi connectivity index (χ4n) is 2.56. The van der Waals surface area contributed by atoms with Crippen molar-refractivity contribution in [3.8, 4) is 0 Å². The molecule has 0 aliphatic carbocycles. The lowest BCUT2D eigenvalue weighted by atomic mass is 10.2. The number of hydrogen-bond acceptors (Lipinski definition) is 5. The van der Waals surface area contributed by atoms with E-state index in [-0.39, 0.29) is 17.4 Å². The number of thiophene rings is 1. The van der Waals surface area contributed by atoms with Crippen molar-refractivity contribution < 1.29 is 9.59 Å². The van der Waals surface area contributed by atoms with Gasteiger partial charge in [-0.05, 0) is 18.9 Å². The van der Waals surface area contributed by atoms with Crippen LogP contribution in [0.15, 0.2) is 11.1 Å². The largest absolute Gasteiger partial charge is 0.355 e. The Bertz CT molecular complexity index is 825. The van der Waals surface area contributed by atoms with Crippen LogP contribution < -0.4 is 16.2 Å². The Morgan fingerprint density at radius 2 is 1.96 bits per heavy atom. The number of amides is 2. The van der Waals surface area contributed by atoms with Crippen LogP contribution in [0.1, 0.15) is 48.3 Å². The van der Waals surface area contributed by atoms with Gasteiger partial charge in [0, 0.05) is 26.6 Å². The van der Waals surface area contributed by atoms with Crippen LogP contribution in [0.5, 0.6) is 0 Å². The van der Waals surface area contributed by atoms with E-state index in [0.717, 1.165) is 19.3 Å². The highest BCUT2D eigenvalue weighted by Gasteiger charge is 2.19. The van der Waals surface area contributed by atoms with Crippen molar-refractivity contribution in [1.82, 2.24) is 20.2 Å². The summed E-state index contributed by atoms with van der Waals surface area (Å²) in [7, 11) is 0. The zero-order valence-electron chi connectivity index (χ0n) is 14.8. The minimum atomic E-state index is -0.247. The lowest BCUT2D eigenvalue weighted by molar-refractivity contribution is -0.118. The molecule has 8 heteroatoms. The van der Waals surface area contributed by atoms with Crippen LogP contribution in [0.3, 0.4) is 0 Å². The van der Waals surface area contributed by atoms with Crippen molar-refractivity contribution in [2.24, 2.45) is 0 Å². The van der Waals surface area contributed by atoms with E-state index in [1.807, 2.05) is 0 Å². The number of carbonyl (C=O) groups excluding carboxylic acids is 2. The van der Waals surface area contributed by atoms with Gasteiger partial charge in [0.25, 0.3) is 11.5 Å². The van der Waals surface area contributed by atoms with Gasteiger partial charge in [0.1, 0.15) is 4.83 Å². The zero-order valence-corrected chi connectivity index (χ0v) is 15.7. The average molecular weight is 364 g/mol. The molecular formula is C17H24N4O3S. The van der Waals surface area contributed by atoms with E-state index in [9.17, 15) is 14.4 Å². The Morgan fingerprint density at radius 1 is 1.24 bits per heavy atom. The molecule has 2 rings (SSSR count). The predicted molar refractivity (Wildman–Crippen MR) is 99.2 cm³/mol. The number of carbonyl (C=O) groups is 2. The Morgan fingerprint density at radius 3 is 2.64 bits per heavy atom. The standard InChI is InChI=1S/C17H24N4O3S/c1-4-5-6-9-21-10-20-16-13(17(21)24)11(2)14(25-16)15(23)19-8-7-18-12(3)22/h10H,4-9H2,1-3H3,(H,18,22)(H,19,23). The molecule has 0 aliphatic heterocycles. The molecule has 2 aromatic heterocycles. The molecule has 0 saturated heterocycles. The van der Waals surface area contributed by atoms with E-state index in [0.29, 0.717) is 40.3 Å². The SMILES string of the molecule is CCCCCn1cnc2sc(C(=O)NCCNC(C)=O)c(C)c2c1=O. The summed E-state index contributed by atoms with van der Waals surface area (Å²) in [4.78, 5) is 41.3. The lowest BCUT2D eigenvalue weighted by Gasteiger charge is -2.05. The first-order valence-electron chi connectivity index (χ1n) is 8.46. The van der Waals surface area contributed by atoms with E-state index in [4.69, 9.17) is 0 Å². The Labute approximate surface area is 150 Å². The molecule has 0 aromatic carbocycles. The van der Waals surface area contributed by atoms with E-state index in [1.54, 1.807) is 17.8 Å². The molecular weight excluding hydrogens is 340 g/mol. The number of nitrogens with one attached hydrogen (secondary N) is 2. The Hall–Kier alpha value is -2.22. The van der Waals surface area contributed by atoms with Crippen molar-refractivity contribution in [3.05, 3.63) is 27.1 Å². The summed E-state index contributed by atoms with van der Waals surface area (Å²) in [5, 5.41) is 5.89. The third-order valence-corrected chi connectivity index (χ3v) is 5.11. The maximum absolute atomic E-state index is 12.7. The molecule has 0 radical (unpaired) electrons. The first-order valence-corrected chi connectivity index (χ1v) is 9.28. The number of unbranched alkanes of at least 4 members (excludes halogenated alkanes) is 2. The first kappa shape index (κ1) is 19.1. The second-order valence-corrected chi connectivity index (χ2v) is 6.92. The summed E-state index contributed by atoms with van der Waals surface area (Å²) in [5.41, 5.74) is 0.575. The number of aryl methyl sites for hydroxylation is 2. The molecule has 25 heavy (non-hydrogen) atoms. The van der Waals surface area contributed by atoms with Gasteiger partial charge in [0.2, 0.25) is 5.91 Å². The van der Waals surface area contributed by atoms with Crippen LogP contribution >= 0.6 is 11.3 Å². The fraction of sp³-hybridized carbons (Fsp3) is 0.529. The van der Waals surface area contributed by atoms with Crippen molar-refractivity contribution in [2.45, 2.75) is 46.6 Å². The Balaban J connectivity index is 2.18. The molecule has 0 atom stereocenters. The Kier molecular flexibility index (Phi) is 6.69. The molecule has 2 amide bonds. The quantitative estimate of drug-likeness (QED) is 0.699. The van der Waals surface area contributed by atoms with Gasteiger partial charge in [-0.2, -0.15) is 0 Å². The minimum absolute atomic E-state index is 0.0906. The summed E-state index contributed by atoms with van der Waals surface area (Å²) in [6.07, 6.45) is 4.65.